The highest BCUT2D eigenvalue weighted by Gasteiger charge is 2.11. The highest BCUT2D eigenvalue weighted by molar-refractivity contribution is 7.99. The molecule has 0 bridgehead atoms. The number of nitrogens with two attached hydrogens (primary N) is 1. The Balaban J connectivity index is 2.98. The number of hydrogen-bond acceptors (Lipinski definition) is 6. The van der Waals surface area contributed by atoms with Crippen molar-refractivity contribution in [3.8, 4) is 0 Å². The Bertz CT molecular complexity index is 404. The van der Waals surface area contributed by atoms with Crippen molar-refractivity contribution in [1.82, 2.24) is 15.0 Å². The second-order valence-electron chi connectivity index (χ2n) is 3.22. The van der Waals surface area contributed by atoms with Crippen molar-refractivity contribution >= 4 is 23.5 Å². The quantitative estimate of drug-likeness (QED) is 0.583. The van der Waals surface area contributed by atoms with Gasteiger partial charge >= 0.3 is 0 Å². The van der Waals surface area contributed by atoms with Crippen molar-refractivity contribution in [2.24, 2.45) is 5.73 Å². The van der Waals surface area contributed by atoms with Crippen LogP contribution in [0.25, 0.3) is 0 Å². The van der Waals surface area contributed by atoms with Crippen LogP contribution < -0.4 is 5.73 Å². The average Bonchev–Trinajstić information content (AvgIpc) is 2.41. The highest BCUT2D eigenvalue weighted by atomic mass is 32.2. The predicted octanol–water partition coefficient (Wildman–Crippen LogP) is 2.61. The number of thioether (sulfide) groups is 2. The topological polar surface area (TPSA) is 64.7 Å². The molecule has 18 heavy (non-hydrogen) atoms. The van der Waals surface area contributed by atoms with Crippen LogP contribution in [0.5, 0.6) is 0 Å². The summed E-state index contributed by atoms with van der Waals surface area (Å²) in [7, 11) is 0. The van der Waals surface area contributed by atoms with Crippen LogP contribution in [0.2, 0.25) is 0 Å². The fourth-order valence-electron chi connectivity index (χ4n) is 1.00. The largest absolute Gasteiger partial charge is 0.318 e. The summed E-state index contributed by atoms with van der Waals surface area (Å²) in [5.74, 6) is 2.04. The Morgan fingerprint density at radius 1 is 1.00 bits per heavy atom. The van der Waals surface area contributed by atoms with E-state index in [9.17, 15) is 0 Å². The first-order valence-corrected chi connectivity index (χ1v) is 7.30. The van der Waals surface area contributed by atoms with Gasteiger partial charge in [-0.3, -0.25) is 0 Å². The predicted molar refractivity (Wildman–Crippen MR) is 78.8 cm³/mol. The Kier molecular flexibility index (Phi) is 6.70. The summed E-state index contributed by atoms with van der Waals surface area (Å²) < 4.78 is 0. The van der Waals surface area contributed by atoms with Gasteiger partial charge in [-0.1, -0.05) is 41.8 Å². The van der Waals surface area contributed by atoms with Crippen LogP contribution in [0.4, 0.5) is 0 Å². The lowest BCUT2D eigenvalue weighted by atomic mass is 10.3. The molecule has 0 aliphatic rings. The van der Waals surface area contributed by atoms with Crippen LogP contribution in [-0.4, -0.2) is 26.5 Å². The minimum Gasteiger partial charge on any atom is -0.318 e. The van der Waals surface area contributed by atoms with Crippen LogP contribution in [0.15, 0.2) is 48.3 Å². The van der Waals surface area contributed by atoms with Gasteiger partial charge in [0, 0.05) is 11.5 Å². The van der Waals surface area contributed by atoms with E-state index in [4.69, 9.17) is 5.73 Å². The van der Waals surface area contributed by atoms with Crippen molar-refractivity contribution in [3.63, 3.8) is 0 Å². The molecule has 1 heterocycles. The van der Waals surface area contributed by atoms with Gasteiger partial charge in [-0.25, -0.2) is 9.97 Å². The SMILES string of the molecule is C=CCSc1nc(SCC=C)nc(C(N)C=C)n1. The fourth-order valence-corrected chi connectivity index (χ4v) is 2.21. The summed E-state index contributed by atoms with van der Waals surface area (Å²) in [6, 6.07) is -0.376. The van der Waals surface area contributed by atoms with Crippen molar-refractivity contribution in [3.05, 3.63) is 43.8 Å². The molecule has 96 valence electrons. The van der Waals surface area contributed by atoms with Gasteiger partial charge in [-0.15, -0.1) is 19.7 Å². The number of hydrogen-bond donors (Lipinski definition) is 1. The molecular weight excluding hydrogens is 264 g/mol. The normalized spacial score (nSPS) is 11.8. The number of aromatic nitrogens is 3. The molecule has 1 rings (SSSR count). The molecule has 1 unspecified atom stereocenters. The standard InChI is InChI=1S/C12H16N4S2/c1-4-7-17-11-14-10(9(13)6-3)15-12(16-11)18-8-5-2/h4-6,9H,1-3,7-8,13H2. The molecule has 0 saturated heterocycles. The van der Waals surface area contributed by atoms with Crippen LogP contribution >= 0.6 is 23.5 Å². The van der Waals surface area contributed by atoms with Gasteiger partial charge < -0.3 is 5.73 Å². The zero-order valence-corrected chi connectivity index (χ0v) is 11.7. The molecule has 0 aromatic carbocycles. The molecule has 0 amide bonds. The monoisotopic (exact) mass is 280 g/mol. The van der Waals surface area contributed by atoms with E-state index in [0.717, 1.165) is 11.5 Å². The smallest absolute Gasteiger partial charge is 0.192 e. The van der Waals surface area contributed by atoms with Crippen LogP contribution in [0, 0.1) is 0 Å². The lowest BCUT2D eigenvalue weighted by Gasteiger charge is -2.08. The lowest BCUT2D eigenvalue weighted by molar-refractivity contribution is 0.694. The minimum absolute atomic E-state index is 0.376. The first-order chi connectivity index (χ1) is 8.71. The Hall–Kier alpha value is -1.11. The summed E-state index contributed by atoms with van der Waals surface area (Å²) in [6.45, 7) is 11.0. The van der Waals surface area contributed by atoms with E-state index in [0.29, 0.717) is 16.1 Å². The number of rotatable bonds is 8. The van der Waals surface area contributed by atoms with Gasteiger partial charge in [0.15, 0.2) is 16.1 Å². The molecule has 0 aliphatic heterocycles. The highest BCUT2D eigenvalue weighted by Crippen LogP contribution is 2.20. The molecule has 4 nitrogen and oxygen atoms in total. The minimum atomic E-state index is -0.376. The van der Waals surface area contributed by atoms with Crippen molar-refractivity contribution in [1.29, 1.82) is 0 Å². The Morgan fingerprint density at radius 3 is 1.89 bits per heavy atom. The van der Waals surface area contributed by atoms with E-state index < -0.39 is 0 Å². The van der Waals surface area contributed by atoms with E-state index in [2.05, 4.69) is 34.7 Å². The third kappa shape index (κ3) is 4.64. The molecule has 2 N–H and O–H groups in total. The van der Waals surface area contributed by atoms with Crippen LogP contribution in [0.3, 0.4) is 0 Å². The van der Waals surface area contributed by atoms with E-state index in [1.54, 1.807) is 18.2 Å². The summed E-state index contributed by atoms with van der Waals surface area (Å²) in [6.07, 6.45) is 5.22. The average molecular weight is 280 g/mol. The zero-order valence-electron chi connectivity index (χ0n) is 10.1. The first-order valence-electron chi connectivity index (χ1n) is 5.32. The maximum absolute atomic E-state index is 5.86. The Morgan fingerprint density at radius 2 is 1.50 bits per heavy atom. The van der Waals surface area contributed by atoms with Gasteiger partial charge in [0.25, 0.3) is 0 Å². The molecular formula is C12H16N4S2. The second-order valence-corrected chi connectivity index (χ2v) is 5.19. The van der Waals surface area contributed by atoms with Crippen LogP contribution in [-0.2, 0) is 0 Å². The van der Waals surface area contributed by atoms with Gasteiger partial charge in [-0.2, -0.15) is 4.98 Å². The summed E-state index contributed by atoms with van der Waals surface area (Å²) in [4.78, 5) is 13.0. The van der Waals surface area contributed by atoms with Gasteiger partial charge in [0.1, 0.15) is 0 Å². The lowest BCUT2D eigenvalue weighted by Crippen LogP contribution is -2.13. The third-order valence-electron chi connectivity index (χ3n) is 1.82. The summed E-state index contributed by atoms with van der Waals surface area (Å²) in [5, 5.41) is 1.31. The molecule has 0 saturated carbocycles. The Labute approximate surface area is 116 Å². The van der Waals surface area contributed by atoms with E-state index in [-0.39, 0.29) is 6.04 Å². The third-order valence-corrected chi connectivity index (χ3v) is 3.51. The van der Waals surface area contributed by atoms with Crippen molar-refractivity contribution in [2.45, 2.75) is 16.4 Å². The van der Waals surface area contributed by atoms with Crippen LogP contribution in [0.1, 0.15) is 11.9 Å². The van der Waals surface area contributed by atoms with E-state index in [1.807, 2.05) is 0 Å². The summed E-state index contributed by atoms with van der Waals surface area (Å²) in [5.41, 5.74) is 5.86. The van der Waals surface area contributed by atoms with Crippen molar-refractivity contribution < 1.29 is 0 Å². The van der Waals surface area contributed by atoms with Gasteiger partial charge in [0.05, 0.1) is 6.04 Å². The number of nitrogens with zero attached hydrogens (tertiary/aromatic N) is 3. The molecule has 6 heteroatoms. The molecule has 0 radical (unpaired) electrons. The molecule has 0 fully saturated rings. The van der Waals surface area contributed by atoms with Crippen molar-refractivity contribution in [2.75, 3.05) is 11.5 Å². The van der Waals surface area contributed by atoms with E-state index in [1.165, 1.54) is 23.5 Å². The fraction of sp³-hybridized carbons (Fsp3) is 0.250. The molecule has 1 atom stereocenters. The second kappa shape index (κ2) is 8.07. The maximum atomic E-state index is 5.86. The van der Waals surface area contributed by atoms with E-state index >= 15 is 0 Å². The first kappa shape index (κ1) is 14.9. The maximum Gasteiger partial charge on any atom is 0.192 e. The van der Waals surface area contributed by atoms with Gasteiger partial charge in [-0.05, 0) is 0 Å². The van der Waals surface area contributed by atoms with Gasteiger partial charge in [0.2, 0.25) is 0 Å². The molecule has 1 aromatic rings. The summed E-state index contributed by atoms with van der Waals surface area (Å²) >= 11 is 3.00. The molecule has 0 aliphatic carbocycles. The molecule has 1 aromatic heterocycles. The molecule has 0 spiro atoms. The zero-order chi connectivity index (χ0) is 13.4.